The molecule has 6 heteroatoms. The van der Waals surface area contributed by atoms with E-state index in [0.717, 1.165) is 12.2 Å². The summed E-state index contributed by atoms with van der Waals surface area (Å²) in [6.45, 7) is 1.74. The molecule has 3 nitrogen and oxygen atoms in total. The second kappa shape index (κ2) is 6.06. The van der Waals surface area contributed by atoms with Crippen LogP contribution in [0.15, 0.2) is 47.7 Å². The van der Waals surface area contributed by atoms with Gasteiger partial charge in [-0.15, -0.1) is 0 Å². The molecule has 0 spiro atoms. The lowest BCUT2D eigenvalue weighted by Crippen LogP contribution is -2.37. The number of aldehydes is 1. The van der Waals surface area contributed by atoms with Crippen molar-refractivity contribution in [1.29, 1.82) is 5.26 Å². The first-order chi connectivity index (χ1) is 10.4. The van der Waals surface area contributed by atoms with E-state index < -0.39 is 17.8 Å². The number of rotatable bonds is 3. The molecule has 22 heavy (non-hydrogen) atoms. The number of halogens is 3. The van der Waals surface area contributed by atoms with E-state index in [4.69, 9.17) is 5.26 Å². The highest BCUT2D eigenvalue weighted by Crippen LogP contribution is 2.35. The maximum atomic E-state index is 12.9. The van der Waals surface area contributed by atoms with Crippen LogP contribution in [0.25, 0.3) is 0 Å². The van der Waals surface area contributed by atoms with Crippen molar-refractivity contribution in [2.75, 3.05) is 4.90 Å². The highest BCUT2D eigenvalue weighted by atomic mass is 19.4. The lowest BCUT2D eigenvalue weighted by molar-refractivity contribution is -0.105. The van der Waals surface area contributed by atoms with E-state index in [1.165, 1.54) is 4.90 Å². The van der Waals surface area contributed by atoms with Crippen molar-refractivity contribution in [2.24, 2.45) is 0 Å². The van der Waals surface area contributed by atoms with Crippen LogP contribution in [0.4, 0.5) is 18.9 Å². The third-order valence-electron chi connectivity index (χ3n) is 3.40. The molecular weight excluding hydrogens is 293 g/mol. The van der Waals surface area contributed by atoms with E-state index in [1.54, 1.807) is 31.2 Å². The van der Waals surface area contributed by atoms with Crippen molar-refractivity contribution in [1.82, 2.24) is 0 Å². The van der Waals surface area contributed by atoms with Crippen LogP contribution < -0.4 is 4.90 Å². The standard InChI is InChI=1S/C16H13F3N2O/c1-2-13-7-12(16(17,18)19)8-15(10-22)21(13)14-5-3-4-11(6-14)9-20/h3-8,10,13H,2H2,1H3. The van der Waals surface area contributed by atoms with Gasteiger partial charge in [-0.1, -0.05) is 13.0 Å². The second-order valence-corrected chi connectivity index (χ2v) is 4.81. The van der Waals surface area contributed by atoms with Gasteiger partial charge >= 0.3 is 6.18 Å². The van der Waals surface area contributed by atoms with Gasteiger partial charge in [-0.3, -0.25) is 4.79 Å². The van der Waals surface area contributed by atoms with Crippen LogP contribution in [-0.4, -0.2) is 18.5 Å². The van der Waals surface area contributed by atoms with E-state index in [1.807, 2.05) is 6.07 Å². The van der Waals surface area contributed by atoms with Crippen molar-refractivity contribution in [3.05, 3.63) is 53.3 Å². The SMILES string of the molecule is CCC1C=C(C(F)(F)F)C=C(C=O)N1c1cccc(C#N)c1. The molecule has 0 saturated carbocycles. The molecule has 1 aliphatic heterocycles. The zero-order chi connectivity index (χ0) is 16.3. The van der Waals surface area contributed by atoms with Crippen LogP contribution in [-0.2, 0) is 4.79 Å². The number of anilines is 1. The number of alkyl halides is 3. The number of hydrogen-bond acceptors (Lipinski definition) is 3. The summed E-state index contributed by atoms with van der Waals surface area (Å²) in [5.41, 5.74) is -0.00386. The number of carbonyl (C=O) groups excluding carboxylic acids is 1. The van der Waals surface area contributed by atoms with Gasteiger partial charge in [0.15, 0.2) is 6.29 Å². The minimum absolute atomic E-state index is 0.0724. The molecule has 1 unspecified atom stereocenters. The van der Waals surface area contributed by atoms with Gasteiger partial charge in [0, 0.05) is 5.69 Å². The Balaban J connectivity index is 2.52. The maximum absolute atomic E-state index is 12.9. The number of allylic oxidation sites excluding steroid dienone is 3. The van der Waals surface area contributed by atoms with Crippen LogP contribution in [0.3, 0.4) is 0 Å². The van der Waals surface area contributed by atoms with E-state index in [-0.39, 0.29) is 5.70 Å². The molecular formula is C16H13F3N2O. The van der Waals surface area contributed by atoms with Gasteiger partial charge in [0.05, 0.1) is 28.9 Å². The van der Waals surface area contributed by atoms with Crippen LogP contribution in [0.1, 0.15) is 18.9 Å². The van der Waals surface area contributed by atoms with E-state index in [2.05, 4.69) is 0 Å². The fourth-order valence-corrected chi connectivity index (χ4v) is 2.38. The Labute approximate surface area is 126 Å². The summed E-state index contributed by atoms with van der Waals surface area (Å²) in [5, 5.41) is 8.94. The molecule has 0 aromatic heterocycles. The normalized spacial score (nSPS) is 18.3. The van der Waals surface area contributed by atoms with Gasteiger partial charge in [-0.05, 0) is 36.8 Å². The van der Waals surface area contributed by atoms with Gasteiger partial charge in [0.1, 0.15) is 0 Å². The molecule has 1 aromatic carbocycles. The molecule has 1 atom stereocenters. The summed E-state index contributed by atoms with van der Waals surface area (Å²) < 4.78 is 38.8. The summed E-state index contributed by atoms with van der Waals surface area (Å²) in [4.78, 5) is 12.8. The monoisotopic (exact) mass is 306 g/mol. The summed E-state index contributed by atoms with van der Waals surface area (Å²) in [6, 6.07) is 7.81. The zero-order valence-electron chi connectivity index (χ0n) is 11.8. The first-order valence-electron chi connectivity index (χ1n) is 6.66. The van der Waals surface area contributed by atoms with Gasteiger partial charge in [-0.25, -0.2) is 0 Å². The third-order valence-corrected chi connectivity index (χ3v) is 3.40. The number of nitrogens with zero attached hydrogens (tertiary/aromatic N) is 2. The van der Waals surface area contributed by atoms with Gasteiger partial charge < -0.3 is 4.90 Å². The summed E-state index contributed by atoms with van der Waals surface area (Å²) in [5.74, 6) is 0. The molecule has 1 heterocycles. The van der Waals surface area contributed by atoms with Crippen molar-refractivity contribution in [3.63, 3.8) is 0 Å². The predicted molar refractivity (Wildman–Crippen MR) is 76.0 cm³/mol. The minimum atomic E-state index is -4.50. The smallest absolute Gasteiger partial charge is 0.332 e. The summed E-state index contributed by atoms with van der Waals surface area (Å²) in [6.07, 6.45) is -1.77. The number of nitriles is 1. The molecule has 0 radical (unpaired) electrons. The molecule has 0 bridgehead atoms. The Morgan fingerprint density at radius 3 is 2.68 bits per heavy atom. The Morgan fingerprint density at radius 1 is 1.41 bits per heavy atom. The van der Waals surface area contributed by atoms with Crippen LogP contribution in [0, 0.1) is 11.3 Å². The number of hydrogen-bond donors (Lipinski definition) is 0. The van der Waals surface area contributed by atoms with Crippen molar-refractivity contribution < 1.29 is 18.0 Å². The first kappa shape index (κ1) is 15.8. The quantitative estimate of drug-likeness (QED) is 0.799. The average Bonchev–Trinajstić information content (AvgIpc) is 2.52. The number of benzene rings is 1. The van der Waals surface area contributed by atoms with Gasteiger partial charge in [0.2, 0.25) is 0 Å². The summed E-state index contributed by atoms with van der Waals surface area (Å²) >= 11 is 0. The van der Waals surface area contributed by atoms with E-state index >= 15 is 0 Å². The molecule has 0 fully saturated rings. The van der Waals surface area contributed by atoms with Crippen molar-refractivity contribution in [2.45, 2.75) is 25.6 Å². The van der Waals surface area contributed by atoms with Crippen LogP contribution >= 0.6 is 0 Å². The lowest BCUT2D eigenvalue weighted by atomic mass is 10.00. The van der Waals surface area contributed by atoms with Gasteiger partial charge in [0.25, 0.3) is 0 Å². The highest BCUT2D eigenvalue weighted by Gasteiger charge is 2.37. The predicted octanol–water partition coefficient (Wildman–Crippen LogP) is 3.73. The third kappa shape index (κ3) is 3.03. The minimum Gasteiger partial charge on any atom is -0.332 e. The molecule has 0 saturated heterocycles. The Morgan fingerprint density at radius 2 is 2.14 bits per heavy atom. The molecule has 1 aliphatic rings. The Kier molecular flexibility index (Phi) is 4.36. The summed E-state index contributed by atoms with van der Waals surface area (Å²) in [7, 11) is 0. The van der Waals surface area contributed by atoms with Crippen LogP contribution in [0.2, 0.25) is 0 Å². The van der Waals surface area contributed by atoms with E-state index in [9.17, 15) is 18.0 Å². The first-order valence-corrected chi connectivity index (χ1v) is 6.66. The lowest BCUT2D eigenvalue weighted by Gasteiger charge is -2.35. The van der Waals surface area contributed by atoms with Gasteiger partial charge in [-0.2, -0.15) is 18.4 Å². The molecule has 2 rings (SSSR count). The van der Waals surface area contributed by atoms with Crippen molar-refractivity contribution >= 4 is 12.0 Å². The molecule has 0 N–H and O–H groups in total. The fraction of sp³-hybridized carbons (Fsp3) is 0.250. The topological polar surface area (TPSA) is 44.1 Å². The molecule has 0 aliphatic carbocycles. The van der Waals surface area contributed by atoms with Crippen LogP contribution in [0.5, 0.6) is 0 Å². The number of carbonyl (C=O) groups is 1. The largest absolute Gasteiger partial charge is 0.416 e. The Bertz CT molecular complexity index is 683. The second-order valence-electron chi connectivity index (χ2n) is 4.81. The fourth-order valence-electron chi connectivity index (χ4n) is 2.38. The molecule has 0 amide bonds. The molecule has 114 valence electrons. The zero-order valence-corrected chi connectivity index (χ0v) is 11.8. The molecule has 1 aromatic rings. The Hall–Kier alpha value is -2.55. The van der Waals surface area contributed by atoms with Crippen molar-refractivity contribution in [3.8, 4) is 6.07 Å². The van der Waals surface area contributed by atoms with E-state index in [0.29, 0.717) is 24.0 Å². The highest BCUT2D eigenvalue weighted by molar-refractivity contribution is 5.83. The maximum Gasteiger partial charge on any atom is 0.416 e. The average molecular weight is 306 g/mol.